The Labute approximate surface area is 139 Å². The summed E-state index contributed by atoms with van der Waals surface area (Å²) in [6.07, 6.45) is 3.68. The third kappa shape index (κ3) is 5.59. The number of carbonyl (C=O) groups excluding carboxylic acids is 1. The second-order valence-electron chi connectivity index (χ2n) is 5.72. The molecule has 0 spiro atoms. The molecule has 5 heteroatoms. The molecule has 2 rings (SSSR count). The van der Waals surface area contributed by atoms with Crippen molar-refractivity contribution in [2.45, 2.75) is 32.2 Å². The van der Waals surface area contributed by atoms with Crippen LogP contribution >= 0.6 is 12.4 Å². The van der Waals surface area contributed by atoms with Gasteiger partial charge in [-0.15, -0.1) is 12.4 Å². The minimum Gasteiger partial charge on any atom is -0.491 e. The first kappa shape index (κ1) is 18.9. The highest BCUT2D eigenvalue weighted by molar-refractivity contribution is 5.96. The Morgan fingerprint density at radius 1 is 1.32 bits per heavy atom. The van der Waals surface area contributed by atoms with Gasteiger partial charge < -0.3 is 10.1 Å². The average Bonchev–Trinajstić information content (AvgIpc) is 2.76. The van der Waals surface area contributed by atoms with Gasteiger partial charge in [-0.05, 0) is 58.5 Å². The van der Waals surface area contributed by atoms with Crippen molar-refractivity contribution >= 4 is 18.2 Å². The van der Waals surface area contributed by atoms with Crippen molar-refractivity contribution in [1.82, 2.24) is 10.2 Å². The summed E-state index contributed by atoms with van der Waals surface area (Å²) in [5.74, 6) is 0.745. The summed E-state index contributed by atoms with van der Waals surface area (Å²) in [6.45, 7) is 5.31. The topological polar surface area (TPSA) is 41.6 Å². The molecule has 0 aliphatic carbocycles. The van der Waals surface area contributed by atoms with Crippen LogP contribution in [0.3, 0.4) is 0 Å². The van der Waals surface area contributed by atoms with E-state index in [4.69, 9.17) is 4.74 Å². The molecule has 0 radical (unpaired) electrons. The maximum absolute atomic E-state index is 11.6. The molecule has 22 heavy (non-hydrogen) atoms. The van der Waals surface area contributed by atoms with Crippen molar-refractivity contribution in [2.24, 2.45) is 0 Å². The van der Waals surface area contributed by atoms with E-state index in [1.165, 1.54) is 19.3 Å². The zero-order valence-electron chi connectivity index (χ0n) is 13.5. The van der Waals surface area contributed by atoms with Gasteiger partial charge in [-0.25, -0.2) is 0 Å². The lowest BCUT2D eigenvalue weighted by atomic mass is 10.1. The van der Waals surface area contributed by atoms with E-state index in [-0.39, 0.29) is 18.2 Å². The lowest BCUT2D eigenvalue weighted by Crippen LogP contribution is -2.35. The number of halogens is 1. The fourth-order valence-electron chi connectivity index (χ4n) is 2.81. The Morgan fingerprint density at radius 2 is 2.09 bits per heavy atom. The molecule has 1 unspecified atom stereocenters. The molecule has 1 aromatic carbocycles. The molecule has 1 N–H and O–H groups in total. The van der Waals surface area contributed by atoms with E-state index in [2.05, 4.69) is 17.3 Å². The number of ketones is 1. The highest BCUT2D eigenvalue weighted by Crippen LogP contribution is 2.18. The van der Waals surface area contributed by atoms with Crippen molar-refractivity contribution in [2.75, 3.05) is 33.3 Å². The van der Waals surface area contributed by atoms with Gasteiger partial charge >= 0.3 is 0 Å². The van der Waals surface area contributed by atoms with Gasteiger partial charge in [0, 0.05) is 12.6 Å². The van der Waals surface area contributed by atoms with E-state index in [0.717, 1.165) is 19.6 Å². The highest BCUT2D eigenvalue weighted by atomic mass is 35.5. The third-order valence-electron chi connectivity index (χ3n) is 4.14. The number of carbonyl (C=O) groups is 1. The number of benzene rings is 1. The molecule has 1 fully saturated rings. The largest absolute Gasteiger partial charge is 0.491 e. The number of ether oxygens (including phenoxy) is 1. The molecule has 4 nitrogen and oxygen atoms in total. The number of nitrogens with zero attached hydrogens (tertiary/aromatic N) is 1. The van der Waals surface area contributed by atoms with Gasteiger partial charge in [0.15, 0.2) is 5.78 Å². The van der Waals surface area contributed by atoms with Crippen LogP contribution in [0.2, 0.25) is 0 Å². The molecule has 0 amide bonds. The summed E-state index contributed by atoms with van der Waals surface area (Å²) in [7, 11) is 2.16. The number of hydrogen-bond acceptors (Lipinski definition) is 4. The second-order valence-corrected chi connectivity index (χ2v) is 5.72. The molecular weight excluding hydrogens is 300 g/mol. The maximum atomic E-state index is 11.6. The van der Waals surface area contributed by atoms with Crippen molar-refractivity contribution in [3.8, 4) is 5.75 Å². The minimum absolute atomic E-state index is 0. The van der Waals surface area contributed by atoms with Crippen LogP contribution in [-0.4, -0.2) is 50.0 Å². The smallest absolute Gasteiger partial charge is 0.163 e. The van der Waals surface area contributed by atoms with Crippen LogP contribution in [0.4, 0.5) is 0 Å². The van der Waals surface area contributed by atoms with Crippen LogP contribution in [0.5, 0.6) is 5.75 Å². The molecule has 0 aromatic heterocycles. The Bertz CT molecular complexity index is 460. The predicted octanol–water partition coefficient (Wildman–Crippen LogP) is 2.76. The number of likely N-dealkylation sites (N-methyl/N-ethyl adjacent to an activating group) is 1. The summed E-state index contributed by atoms with van der Waals surface area (Å²) >= 11 is 0. The van der Waals surface area contributed by atoms with Crippen LogP contribution in [-0.2, 0) is 0 Å². The van der Waals surface area contributed by atoms with E-state index in [9.17, 15) is 4.79 Å². The molecule has 1 aromatic rings. The Hall–Kier alpha value is -1.10. The van der Waals surface area contributed by atoms with Crippen molar-refractivity contribution in [1.29, 1.82) is 0 Å². The summed E-state index contributed by atoms with van der Waals surface area (Å²) < 4.78 is 5.81. The fraction of sp³-hybridized carbons (Fsp3) is 0.588. The summed E-state index contributed by atoms with van der Waals surface area (Å²) in [5, 5.41) is 3.44. The monoisotopic (exact) mass is 326 g/mol. The number of hydrogen-bond donors (Lipinski definition) is 1. The number of para-hydroxylation sites is 1. The Balaban J connectivity index is 0.00000242. The SMILES string of the molecule is CC(=O)c1ccccc1OCCN(C)C1CCCNCC1.Cl. The van der Waals surface area contributed by atoms with E-state index < -0.39 is 0 Å². The average molecular weight is 327 g/mol. The lowest BCUT2D eigenvalue weighted by molar-refractivity contribution is 0.101. The summed E-state index contributed by atoms with van der Waals surface area (Å²) in [4.78, 5) is 13.9. The normalized spacial score (nSPS) is 18.4. The fourth-order valence-corrected chi connectivity index (χ4v) is 2.81. The first-order chi connectivity index (χ1) is 10.2. The summed E-state index contributed by atoms with van der Waals surface area (Å²) in [5.41, 5.74) is 0.666. The van der Waals surface area contributed by atoms with Crippen LogP contribution in [0, 0.1) is 0 Å². The van der Waals surface area contributed by atoms with Crippen molar-refractivity contribution in [3.63, 3.8) is 0 Å². The summed E-state index contributed by atoms with van der Waals surface area (Å²) in [6, 6.07) is 8.09. The zero-order valence-corrected chi connectivity index (χ0v) is 14.3. The molecule has 124 valence electrons. The third-order valence-corrected chi connectivity index (χ3v) is 4.14. The highest BCUT2D eigenvalue weighted by Gasteiger charge is 2.16. The van der Waals surface area contributed by atoms with Crippen molar-refractivity contribution in [3.05, 3.63) is 29.8 Å². The molecule has 0 saturated carbocycles. The predicted molar refractivity (Wildman–Crippen MR) is 92.3 cm³/mol. The van der Waals surface area contributed by atoms with Gasteiger partial charge in [0.1, 0.15) is 12.4 Å². The Morgan fingerprint density at radius 3 is 2.86 bits per heavy atom. The van der Waals surface area contributed by atoms with Crippen LogP contribution in [0.25, 0.3) is 0 Å². The van der Waals surface area contributed by atoms with Crippen LogP contribution in [0.15, 0.2) is 24.3 Å². The van der Waals surface area contributed by atoms with E-state index >= 15 is 0 Å². The van der Waals surface area contributed by atoms with Gasteiger partial charge in [0.2, 0.25) is 0 Å². The minimum atomic E-state index is 0. The molecule has 0 bridgehead atoms. The zero-order chi connectivity index (χ0) is 15.1. The van der Waals surface area contributed by atoms with Gasteiger partial charge in [0.05, 0.1) is 5.56 Å². The van der Waals surface area contributed by atoms with Crippen LogP contribution < -0.4 is 10.1 Å². The van der Waals surface area contributed by atoms with Gasteiger partial charge in [-0.3, -0.25) is 9.69 Å². The van der Waals surface area contributed by atoms with E-state index in [1.54, 1.807) is 6.92 Å². The first-order valence-electron chi connectivity index (χ1n) is 7.82. The number of rotatable bonds is 6. The molecule has 1 heterocycles. The lowest BCUT2D eigenvalue weighted by Gasteiger charge is -2.26. The van der Waals surface area contributed by atoms with Gasteiger partial charge in [-0.1, -0.05) is 12.1 Å². The van der Waals surface area contributed by atoms with Crippen molar-refractivity contribution < 1.29 is 9.53 Å². The molecule has 1 saturated heterocycles. The van der Waals surface area contributed by atoms with E-state index in [1.807, 2.05) is 24.3 Å². The molecular formula is C17H27ClN2O2. The van der Waals surface area contributed by atoms with E-state index in [0.29, 0.717) is 24.0 Å². The van der Waals surface area contributed by atoms with Gasteiger partial charge in [0.25, 0.3) is 0 Å². The van der Waals surface area contributed by atoms with Crippen LogP contribution in [0.1, 0.15) is 36.5 Å². The molecule has 1 aliphatic heterocycles. The maximum Gasteiger partial charge on any atom is 0.163 e. The standard InChI is InChI=1S/C17H26N2O2.ClH/c1-14(20)16-7-3-4-8-17(16)21-13-12-19(2)15-6-5-10-18-11-9-15;/h3-4,7-8,15,18H,5-6,9-13H2,1-2H3;1H. The number of nitrogens with one attached hydrogen (secondary N) is 1. The molecule has 1 aliphatic rings. The van der Waals surface area contributed by atoms with Gasteiger partial charge in [-0.2, -0.15) is 0 Å². The second kappa shape index (κ2) is 9.82. The first-order valence-corrected chi connectivity index (χ1v) is 7.82. The quantitative estimate of drug-likeness (QED) is 0.816. The molecule has 1 atom stereocenters. The Kier molecular flexibility index (Phi) is 8.46. The number of Topliss-reactive ketones (excluding diaryl/α,β-unsaturated/α-hetero) is 1.